The molecular weight excluding hydrogens is 284 g/mol. The molecule has 2 fully saturated rings. The molecule has 0 bridgehead atoms. The Labute approximate surface area is 133 Å². The highest BCUT2D eigenvalue weighted by atomic mass is 16.5. The van der Waals surface area contributed by atoms with Gasteiger partial charge < -0.3 is 19.7 Å². The summed E-state index contributed by atoms with van der Waals surface area (Å²) >= 11 is 0. The summed E-state index contributed by atoms with van der Waals surface area (Å²) in [5.74, 6) is 0.163. The van der Waals surface area contributed by atoms with Gasteiger partial charge in [-0.1, -0.05) is 20.3 Å². The third kappa shape index (κ3) is 5.83. The van der Waals surface area contributed by atoms with Crippen molar-refractivity contribution >= 4 is 12.0 Å². The number of carbonyl (C=O) groups is 2. The number of nitrogens with one attached hydrogen (secondary N) is 1. The van der Waals surface area contributed by atoms with Crippen LogP contribution in [-0.4, -0.2) is 56.4 Å². The third-order valence-corrected chi connectivity index (χ3v) is 3.88. The van der Waals surface area contributed by atoms with E-state index in [1.165, 1.54) is 13.5 Å². The Morgan fingerprint density at radius 3 is 2.27 bits per heavy atom. The minimum atomic E-state index is -0.538. The zero-order valence-corrected chi connectivity index (χ0v) is 14.1. The van der Waals surface area contributed by atoms with Crippen molar-refractivity contribution < 1.29 is 19.1 Å². The van der Waals surface area contributed by atoms with E-state index in [0.29, 0.717) is 13.2 Å². The highest BCUT2D eigenvalue weighted by molar-refractivity contribution is 5.86. The number of hydrogen-bond donors (Lipinski definition) is 1. The van der Waals surface area contributed by atoms with Crippen molar-refractivity contribution in [2.75, 3.05) is 33.4 Å². The van der Waals surface area contributed by atoms with Gasteiger partial charge >= 0.3 is 6.09 Å². The maximum Gasteiger partial charge on any atom is 0.407 e. The Balaban J connectivity index is 0.000000745. The van der Waals surface area contributed by atoms with E-state index < -0.39 is 12.1 Å². The second-order valence-corrected chi connectivity index (χ2v) is 5.80. The molecular formula is C16H30N2O4. The monoisotopic (exact) mass is 314 g/mol. The lowest BCUT2D eigenvalue weighted by Gasteiger charge is -2.32. The van der Waals surface area contributed by atoms with E-state index in [4.69, 9.17) is 4.74 Å². The van der Waals surface area contributed by atoms with Crippen LogP contribution in [0, 0.1) is 5.92 Å². The Morgan fingerprint density at radius 1 is 1.23 bits per heavy atom. The molecule has 0 aliphatic carbocycles. The molecule has 1 unspecified atom stereocenters. The Kier molecular flexibility index (Phi) is 8.89. The van der Waals surface area contributed by atoms with Crippen molar-refractivity contribution in [1.29, 1.82) is 0 Å². The van der Waals surface area contributed by atoms with Gasteiger partial charge in [0.25, 0.3) is 0 Å². The fraction of sp³-hybridized carbons (Fsp3) is 0.875. The molecule has 2 saturated heterocycles. The van der Waals surface area contributed by atoms with Gasteiger partial charge in [-0.15, -0.1) is 0 Å². The number of ether oxygens (including phenoxy) is 2. The normalized spacial score (nSPS) is 19.9. The number of carbonyl (C=O) groups excluding carboxylic acids is 2. The van der Waals surface area contributed by atoms with Gasteiger partial charge in [0.05, 0.1) is 7.11 Å². The van der Waals surface area contributed by atoms with Gasteiger partial charge in [0.1, 0.15) is 6.04 Å². The number of amides is 2. The summed E-state index contributed by atoms with van der Waals surface area (Å²) in [6.07, 6.45) is 4.40. The van der Waals surface area contributed by atoms with Crippen LogP contribution in [-0.2, 0) is 14.3 Å². The van der Waals surface area contributed by atoms with Crippen LogP contribution in [0.4, 0.5) is 4.79 Å². The minimum absolute atomic E-state index is 0.0230. The number of alkyl carbamates (subject to hydrolysis) is 1. The lowest BCUT2D eigenvalue weighted by molar-refractivity contribution is -0.134. The number of rotatable bonds is 3. The van der Waals surface area contributed by atoms with Crippen LogP contribution < -0.4 is 5.32 Å². The lowest BCUT2D eigenvalue weighted by atomic mass is 9.91. The first-order chi connectivity index (χ1) is 10.6. The maximum atomic E-state index is 12.5. The van der Waals surface area contributed by atoms with E-state index in [9.17, 15) is 9.59 Å². The predicted octanol–water partition coefficient (Wildman–Crippen LogP) is 2.18. The van der Waals surface area contributed by atoms with Crippen LogP contribution in [0.15, 0.2) is 0 Å². The first-order valence-corrected chi connectivity index (χ1v) is 8.35. The molecule has 22 heavy (non-hydrogen) atoms. The molecule has 2 aliphatic heterocycles. The van der Waals surface area contributed by atoms with Crippen LogP contribution in [0.2, 0.25) is 0 Å². The summed E-state index contributed by atoms with van der Waals surface area (Å²) in [7, 11) is 1.32. The fourth-order valence-electron chi connectivity index (χ4n) is 2.75. The summed E-state index contributed by atoms with van der Waals surface area (Å²) < 4.78 is 9.95. The average molecular weight is 314 g/mol. The first-order valence-electron chi connectivity index (χ1n) is 8.35. The molecule has 0 aromatic rings. The number of nitrogens with zero attached hydrogens (tertiary/aromatic N) is 1. The first kappa shape index (κ1) is 18.7. The smallest absolute Gasteiger partial charge is 0.407 e. The van der Waals surface area contributed by atoms with Gasteiger partial charge in [0, 0.05) is 26.3 Å². The molecule has 0 radical (unpaired) electrons. The third-order valence-electron chi connectivity index (χ3n) is 3.88. The van der Waals surface area contributed by atoms with E-state index in [2.05, 4.69) is 23.9 Å². The second kappa shape index (κ2) is 10.4. The standard InChI is InChI=1S/C13H22N2O4.C3H8/c1-18-13(17)14-11(10-4-8-19-9-5-10)12(16)15-6-2-3-7-15;1-3-2/h10-11H,2-9H2,1H3,(H,14,17);3H2,1-2H3. The summed E-state index contributed by atoms with van der Waals surface area (Å²) in [4.78, 5) is 25.8. The van der Waals surface area contributed by atoms with Crippen molar-refractivity contribution in [3.63, 3.8) is 0 Å². The molecule has 1 atom stereocenters. The zero-order chi connectivity index (χ0) is 16.4. The minimum Gasteiger partial charge on any atom is -0.453 e. The summed E-state index contributed by atoms with van der Waals surface area (Å²) in [6.45, 7) is 7.14. The molecule has 2 aliphatic rings. The predicted molar refractivity (Wildman–Crippen MR) is 84.7 cm³/mol. The van der Waals surface area contributed by atoms with Crippen LogP contribution in [0.5, 0.6) is 0 Å². The Hall–Kier alpha value is -1.30. The quantitative estimate of drug-likeness (QED) is 0.867. The van der Waals surface area contributed by atoms with Gasteiger partial charge in [-0.05, 0) is 31.6 Å². The molecule has 0 spiro atoms. The van der Waals surface area contributed by atoms with Crippen molar-refractivity contribution in [2.45, 2.75) is 52.0 Å². The summed E-state index contributed by atoms with van der Waals surface area (Å²) in [5.41, 5.74) is 0. The molecule has 2 rings (SSSR count). The van der Waals surface area contributed by atoms with Crippen molar-refractivity contribution in [1.82, 2.24) is 10.2 Å². The van der Waals surface area contributed by atoms with Gasteiger partial charge in [-0.25, -0.2) is 4.79 Å². The van der Waals surface area contributed by atoms with E-state index in [-0.39, 0.29) is 11.8 Å². The Bertz CT molecular complexity index is 337. The van der Waals surface area contributed by atoms with Crippen molar-refractivity contribution in [2.24, 2.45) is 5.92 Å². The van der Waals surface area contributed by atoms with Gasteiger partial charge in [0.15, 0.2) is 0 Å². The zero-order valence-electron chi connectivity index (χ0n) is 14.1. The Morgan fingerprint density at radius 2 is 1.77 bits per heavy atom. The molecule has 2 heterocycles. The SMILES string of the molecule is CCC.COC(=O)NC(C(=O)N1CCCC1)C1CCOCC1. The van der Waals surface area contributed by atoms with Crippen molar-refractivity contribution in [3.8, 4) is 0 Å². The van der Waals surface area contributed by atoms with Crippen LogP contribution in [0.3, 0.4) is 0 Å². The number of methoxy groups -OCH3 is 1. The van der Waals surface area contributed by atoms with E-state index >= 15 is 0 Å². The molecule has 2 amide bonds. The van der Waals surface area contributed by atoms with Gasteiger partial charge in [0.2, 0.25) is 5.91 Å². The van der Waals surface area contributed by atoms with Crippen LogP contribution >= 0.6 is 0 Å². The van der Waals surface area contributed by atoms with E-state index in [0.717, 1.165) is 38.8 Å². The maximum absolute atomic E-state index is 12.5. The second-order valence-electron chi connectivity index (χ2n) is 5.80. The topological polar surface area (TPSA) is 67.9 Å². The lowest BCUT2D eigenvalue weighted by Crippen LogP contribution is -2.52. The summed E-state index contributed by atoms with van der Waals surface area (Å²) in [5, 5.41) is 2.71. The van der Waals surface area contributed by atoms with Gasteiger partial charge in [-0.2, -0.15) is 0 Å². The fourth-order valence-corrected chi connectivity index (χ4v) is 2.75. The highest BCUT2D eigenvalue weighted by Gasteiger charge is 2.35. The number of likely N-dealkylation sites (tertiary alicyclic amines) is 1. The largest absolute Gasteiger partial charge is 0.453 e. The van der Waals surface area contributed by atoms with Crippen LogP contribution in [0.1, 0.15) is 46.0 Å². The molecule has 1 N–H and O–H groups in total. The summed E-state index contributed by atoms with van der Waals surface area (Å²) in [6, 6.07) is -0.477. The van der Waals surface area contributed by atoms with Gasteiger partial charge in [-0.3, -0.25) is 4.79 Å². The van der Waals surface area contributed by atoms with E-state index in [1.54, 1.807) is 0 Å². The van der Waals surface area contributed by atoms with E-state index in [1.807, 2.05) is 4.90 Å². The molecule has 0 aromatic carbocycles. The molecule has 0 saturated carbocycles. The van der Waals surface area contributed by atoms with Crippen LogP contribution in [0.25, 0.3) is 0 Å². The average Bonchev–Trinajstić information content (AvgIpc) is 3.08. The molecule has 6 heteroatoms. The molecule has 128 valence electrons. The number of hydrogen-bond acceptors (Lipinski definition) is 4. The van der Waals surface area contributed by atoms with Crippen molar-refractivity contribution in [3.05, 3.63) is 0 Å². The molecule has 6 nitrogen and oxygen atoms in total. The highest BCUT2D eigenvalue weighted by Crippen LogP contribution is 2.22. The molecule has 0 aromatic heterocycles.